The number of benzene rings is 2. The van der Waals surface area contributed by atoms with Crippen LogP contribution in [0.15, 0.2) is 48.5 Å². The van der Waals surface area contributed by atoms with Crippen molar-refractivity contribution < 1.29 is 31.1 Å². The van der Waals surface area contributed by atoms with Crippen LogP contribution in [-0.2, 0) is 6.18 Å². The highest BCUT2D eigenvalue weighted by atomic mass is 35.5. The van der Waals surface area contributed by atoms with E-state index in [2.05, 4.69) is 25.3 Å². The van der Waals surface area contributed by atoms with Crippen molar-refractivity contribution in [2.24, 2.45) is 0 Å². The molecule has 4 rings (SSSR count). The molecule has 5 nitrogen and oxygen atoms in total. The number of halogens is 7. The highest BCUT2D eigenvalue weighted by Gasteiger charge is 2.33. The van der Waals surface area contributed by atoms with Gasteiger partial charge in [0, 0.05) is 23.4 Å². The normalized spacial score (nSPS) is 14.7. The molecule has 2 aromatic carbocycles. The van der Waals surface area contributed by atoms with E-state index in [0.29, 0.717) is 5.56 Å². The molecule has 186 valence electrons. The second-order valence-corrected chi connectivity index (χ2v) is 8.39. The molecule has 12 heteroatoms. The van der Waals surface area contributed by atoms with Gasteiger partial charge in [-0.15, -0.1) is 13.2 Å². The SMILES string of the molecule is FC(F)(F)Oc1cccc(-c2cc(Nc3ccc(Cl)c(C(F)(F)F)c3)nc(NC3CCCC3)n2)c1. The van der Waals surface area contributed by atoms with E-state index in [1.54, 1.807) is 6.07 Å². The predicted molar refractivity (Wildman–Crippen MR) is 120 cm³/mol. The summed E-state index contributed by atoms with van der Waals surface area (Å²) in [7, 11) is 0. The molecule has 0 spiro atoms. The van der Waals surface area contributed by atoms with E-state index in [1.165, 1.54) is 24.3 Å². The second-order valence-electron chi connectivity index (χ2n) is 7.98. The molecule has 0 amide bonds. The number of alkyl halides is 6. The summed E-state index contributed by atoms with van der Waals surface area (Å²) < 4.78 is 81.8. The monoisotopic (exact) mass is 516 g/mol. The number of ether oxygens (including phenoxy) is 1. The molecule has 1 saturated carbocycles. The lowest BCUT2D eigenvalue weighted by Gasteiger charge is -2.16. The highest BCUT2D eigenvalue weighted by molar-refractivity contribution is 6.31. The van der Waals surface area contributed by atoms with Crippen LogP contribution < -0.4 is 15.4 Å². The number of aromatic nitrogens is 2. The second kappa shape index (κ2) is 9.80. The van der Waals surface area contributed by atoms with Gasteiger partial charge < -0.3 is 15.4 Å². The van der Waals surface area contributed by atoms with Crippen molar-refractivity contribution >= 4 is 29.1 Å². The van der Waals surface area contributed by atoms with Crippen molar-refractivity contribution in [1.82, 2.24) is 9.97 Å². The van der Waals surface area contributed by atoms with Crippen LogP contribution in [0.5, 0.6) is 5.75 Å². The van der Waals surface area contributed by atoms with E-state index in [9.17, 15) is 26.3 Å². The van der Waals surface area contributed by atoms with Crippen molar-refractivity contribution in [3.8, 4) is 17.0 Å². The van der Waals surface area contributed by atoms with Crippen molar-refractivity contribution in [2.75, 3.05) is 10.6 Å². The molecule has 1 aromatic heterocycles. The van der Waals surface area contributed by atoms with Crippen LogP contribution in [0, 0.1) is 0 Å². The van der Waals surface area contributed by atoms with Crippen LogP contribution in [0.2, 0.25) is 5.02 Å². The Morgan fingerprint density at radius 3 is 2.34 bits per heavy atom. The molecule has 1 heterocycles. The van der Waals surface area contributed by atoms with E-state index in [4.69, 9.17) is 11.6 Å². The zero-order valence-corrected chi connectivity index (χ0v) is 18.7. The Bertz CT molecular complexity index is 1200. The number of hydrogen-bond donors (Lipinski definition) is 2. The molecule has 1 fully saturated rings. The van der Waals surface area contributed by atoms with Gasteiger partial charge in [-0.25, -0.2) is 4.98 Å². The van der Waals surface area contributed by atoms with Crippen LogP contribution in [0.1, 0.15) is 31.2 Å². The molecule has 0 atom stereocenters. The van der Waals surface area contributed by atoms with Crippen LogP contribution in [0.4, 0.5) is 43.8 Å². The van der Waals surface area contributed by atoms with Crippen molar-refractivity contribution in [3.63, 3.8) is 0 Å². The van der Waals surface area contributed by atoms with E-state index < -0.39 is 28.9 Å². The van der Waals surface area contributed by atoms with Gasteiger partial charge >= 0.3 is 12.5 Å². The summed E-state index contributed by atoms with van der Waals surface area (Å²) in [6.07, 6.45) is -5.65. The lowest BCUT2D eigenvalue weighted by molar-refractivity contribution is -0.274. The molecule has 1 aliphatic carbocycles. The van der Waals surface area contributed by atoms with E-state index in [-0.39, 0.29) is 29.2 Å². The first-order valence-electron chi connectivity index (χ1n) is 10.6. The van der Waals surface area contributed by atoms with Gasteiger partial charge in [0.05, 0.1) is 16.3 Å². The minimum absolute atomic E-state index is 0.0762. The van der Waals surface area contributed by atoms with E-state index >= 15 is 0 Å². The van der Waals surface area contributed by atoms with Gasteiger partial charge in [0.15, 0.2) is 0 Å². The van der Waals surface area contributed by atoms with Gasteiger partial charge in [-0.2, -0.15) is 18.2 Å². The van der Waals surface area contributed by atoms with Crippen LogP contribution in [0.3, 0.4) is 0 Å². The van der Waals surface area contributed by atoms with Gasteiger partial charge in [-0.1, -0.05) is 36.6 Å². The predicted octanol–water partition coefficient (Wildman–Crippen LogP) is 7.81. The Morgan fingerprint density at radius 2 is 1.66 bits per heavy atom. The van der Waals surface area contributed by atoms with Gasteiger partial charge in [0.1, 0.15) is 11.6 Å². The zero-order valence-electron chi connectivity index (χ0n) is 18.0. The van der Waals surface area contributed by atoms with Crippen LogP contribution in [-0.4, -0.2) is 22.4 Å². The topological polar surface area (TPSA) is 59.1 Å². The maximum Gasteiger partial charge on any atom is 0.573 e. The van der Waals surface area contributed by atoms with E-state index in [1.807, 2.05) is 0 Å². The first-order chi connectivity index (χ1) is 16.5. The Balaban J connectivity index is 1.70. The maximum absolute atomic E-state index is 13.3. The van der Waals surface area contributed by atoms with Crippen LogP contribution >= 0.6 is 11.6 Å². The van der Waals surface area contributed by atoms with Crippen molar-refractivity contribution in [1.29, 1.82) is 0 Å². The largest absolute Gasteiger partial charge is 0.573 e. The average Bonchev–Trinajstić information content (AvgIpc) is 3.26. The minimum atomic E-state index is -4.86. The molecule has 3 aromatic rings. The molecule has 0 saturated heterocycles. The van der Waals surface area contributed by atoms with Crippen LogP contribution in [0.25, 0.3) is 11.3 Å². The fourth-order valence-corrected chi connectivity index (χ4v) is 4.02. The quantitative estimate of drug-likeness (QED) is 0.327. The van der Waals surface area contributed by atoms with Gasteiger partial charge in [0.25, 0.3) is 0 Å². The summed E-state index contributed by atoms with van der Waals surface area (Å²) in [4.78, 5) is 8.77. The fraction of sp³-hybridized carbons (Fsp3) is 0.304. The number of rotatable bonds is 6. The molecule has 2 N–H and O–H groups in total. The summed E-state index contributed by atoms with van der Waals surface area (Å²) in [6, 6.07) is 10.1. The summed E-state index contributed by atoms with van der Waals surface area (Å²) >= 11 is 5.69. The van der Waals surface area contributed by atoms with Gasteiger partial charge in [0.2, 0.25) is 5.95 Å². The average molecular weight is 517 g/mol. The maximum atomic E-state index is 13.3. The Kier molecular flexibility index (Phi) is 6.98. The third-order valence-electron chi connectivity index (χ3n) is 5.32. The highest BCUT2D eigenvalue weighted by Crippen LogP contribution is 2.37. The minimum Gasteiger partial charge on any atom is -0.406 e. The Morgan fingerprint density at radius 1 is 0.914 bits per heavy atom. The van der Waals surface area contributed by atoms with E-state index in [0.717, 1.165) is 43.9 Å². The lowest BCUT2D eigenvalue weighted by Crippen LogP contribution is -2.17. The molecule has 0 unspecified atom stereocenters. The molecule has 0 bridgehead atoms. The molecule has 35 heavy (non-hydrogen) atoms. The molecule has 0 aliphatic heterocycles. The molecule has 0 radical (unpaired) electrons. The van der Waals surface area contributed by atoms with Crippen molar-refractivity contribution in [3.05, 3.63) is 59.1 Å². The Hall–Kier alpha value is -3.21. The first-order valence-corrected chi connectivity index (χ1v) is 11.0. The first kappa shape index (κ1) is 24.9. The lowest BCUT2D eigenvalue weighted by atomic mass is 10.1. The smallest absolute Gasteiger partial charge is 0.406 e. The zero-order chi connectivity index (χ0) is 25.2. The molecule has 1 aliphatic rings. The summed E-state index contributed by atoms with van der Waals surface area (Å²) in [5.74, 6) is -0.0851. The van der Waals surface area contributed by atoms with Crippen molar-refractivity contribution in [2.45, 2.75) is 44.3 Å². The summed E-state index contributed by atoms with van der Waals surface area (Å²) in [5, 5.41) is 5.56. The number of anilines is 3. The Labute approximate surface area is 201 Å². The molecular weight excluding hydrogens is 498 g/mol. The summed E-state index contributed by atoms with van der Waals surface area (Å²) in [5.41, 5.74) is -0.383. The van der Waals surface area contributed by atoms with Gasteiger partial charge in [-0.05, 0) is 43.2 Å². The fourth-order valence-electron chi connectivity index (χ4n) is 3.80. The molecular formula is C23H19ClF6N4O. The third-order valence-corrected chi connectivity index (χ3v) is 5.65. The number of nitrogens with zero attached hydrogens (tertiary/aromatic N) is 2. The standard InChI is InChI=1S/C23H19ClF6N4O/c24-18-9-8-15(11-17(18)22(25,26)27)31-20-12-19(33-21(34-20)32-14-5-1-2-6-14)13-4-3-7-16(10-13)35-23(28,29)30/h3-4,7-12,14H,1-2,5-6H2,(H2,31,32,33,34). The number of hydrogen-bond acceptors (Lipinski definition) is 5. The van der Waals surface area contributed by atoms with Gasteiger partial charge in [-0.3, -0.25) is 0 Å². The third kappa shape index (κ3) is 6.68. The summed E-state index contributed by atoms with van der Waals surface area (Å²) in [6.45, 7) is 0. The number of nitrogens with one attached hydrogen (secondary N) is 2.